The molecule has 0 N–H and O–H groups in total. The number of ether oxygens (including phenoxy) is 3. The van der Waals surface area contributed by atoms with Gasteiger partial charge in [-0.2, -0.15) is 4.31 Å². The third-order valence-electron chi connectivity index (χ3n) is 3.87. The molecule has 0 fully saturated rings. The van der Waals surface area contributed by atoms with E-state index < -0.39 is 28.6 Å². The molecule has 27 heavy (non-hydrogen) atoms. The summed E-state index contributed by atoms with van der Waals surface area (Å²) in [5.74, 6) is 0.526. The zero-order chi connectivity index (χ0) is 19.4. The van der Waals surface area contributed by atoms with Crippen molar-refractivity contribution in [3.8, 4) is 11.5 Å². The van der Waals surface area contributed by atoms with Crippen molar-refractivity contribution in [2.75, 3.05) is 26.8 Å². The summed E-state index contributed by atoms with van der Waals surface area (Å²) in [4.78, 5) is 12.1. The molecule has 1 aliphatic heterocycles. The lowest BCUT2D eigenvalue weighted by molar-refractivity contribution is -0.146. The molecule has 1 heterocycles. The van der Waals surface area contributed by atoms with Crippen molar-refractivity contribution in [2.24, 2.45) is 0 Å². The summed E-state index contributed by atoms with van der Waals surface area (Å²) in [5, 5.41) is 0.423. The first-order valence-corrected chi connectivity index (χ1v) is 9.94. The van der Waals surface area contributed by atoms with E-state index in [1.807, 2.05) is 12.1 Å². The Hall–Kier alpha value is -2.29. The molecule has 144 valence electrons. The average molecular weight is 412 g/mol. The van der Waals surface area contributed by atoms with Crippen LogP contribution in [0.25, 0.3) is 0 Å². The van der Waals surface area contributed by atoms with Gasteiger partial charge in [0.15, 0.2) is 17.6 Å². The number of para-hydroxylation sites is 2. The van der Waals surface area contributed by atoms with Gasteiger partial charge in [-0.15, -0.1) is 0 Å². The highest BCUT2D eigenvalue weighted by molar-refractivity contribution is 7.89. The summed E-state index contributed by atoms with van der Waals surface area (Å²) in [6.45, 7) is -0.222. The van der Waals surface area contributed by atoms with Crippen molar-refractivity contribution in [3.63, 3.8) is 0 Å². The fourth-order valence-corrected chi connectivity index (χ4v) is 3.67. The largest absolute Gasteiger partial charge is 0.486 e. The van der Waals surface area contributed by atoms with E-state index in [-0.39, 0.29) is 18.1 Å². The molecule has 1 atom stereocenters. The van der Waals surface area contributed by atoms with Crippen LogP contribution in [0.2, 0.25) is 5.02 Å². The van der Waals surface area contributed by atoms with Crippen LogP contribution in [0.5, 0.6) is 11.5 Å². The molecule has 0 amide bonds. The fraction of sp³-hybridized carbons (Fsp3) is 0.278. The molecule has 3 rings (SSSR count). The van der Waals surface area contributed by atoms with Gasteiger partial charge in [-0.1, -0.05) is 23.7 Å². The lowest BCUT2D eigenvalue weighted by Gasteiger charge is -2.26. The molecule has 0 bridgehead atoms. The van der Waals surface area contributed by atoms with Gasteiger partial charge in [-0.25, -0.2) is 8.42 Å². The number of nitrogens with zero attached hydrogens (tertiary/aromatic N) is 1. The first kappa shape index (κ1) is 19.5. The first-order valence-electron chi connectivity index (χ1n) is 8.12. The van der Waals surface area contributed by atoms with E-state index in [0.717, 1.165) is 4.31 Å². The SMILES string of the molecule is CN(CC(=O)OCC1COc2ccccc2O1)S(=O)(=O)c1ccc(Cl)cc1. The number of carbonyl (C=O) groups excluding carboxylic acids is 1. The first-order chi connectivity index (χ1) is 12.9. The van der Waals surface area contributed by atoms with Gasteiger partial charge in [0.05, 0.1) is 4.90 Å². The third kappa shape index (κ3) is 4.71. The summed E-state index contributed by atoms with van der Waals surface area (Å²) in [5.41, 5.74) is 0. The zero-order valence-corrected chi connectivity index (χ0v) is 16.1. The van der Waals surface area contributed by atoms with Crippen LogP contribution >= 0.6 is 11.6 Å². The molecule has 0 saturated carbocycles. The molecule has 1 unspecified atom stereocenters. The molecule has 0 aromatic heterocycles. The van der Waals surface area contributed by atoms with E-state index in [1.165, 1.54) is 31.3 Å². The number of benzene rings is 2. The molecular formula is C18H18ClNO6S. The van der Waals surface area contributed by atoms with Crippen molar-refractivity contribution in [2.45, 2.75) is 11.0 Å². The topological polar surface area (TPSA) is 82.1 Å². The maximum atomic E-state index is 12.5. The average Bonchev–Trinajstić information content (AvgIpc) is 2.66. The van der Waals surface area contributed by atoms with Gasteiger partial charge in [-0.3, -0.25) is 4.79 Å². The van der Waals surface area contributed by atoms with E-state index in [1.54, 1.807) is 12.1 Å². The minimum atomic E-state index is -3.82. The van der Waals surface area contributed by atoms with Gasteiger partial charge in [-0.05, 0) is 36.4 Å². The van der Waals surface area contributed by atoms with Gasteiger partial charge >= 0.3 is 5.97 Å². The van der Waals surface area contributed by atoms with Crippen LogP contribution in [-0.2, 0) is 19.6 Å². The molecule has 7 nitrogen and oxygen atoms in total. The maximum absolute atomic E-state index is 12.5. The molecule has 0 spiro atoms. The Morgan fingerprint density at radius 2 is 1.85 bits per heavy atom. The third-order valence-corrected chi connectivity index (χ3v) is 5.94. The summed E-state index contributed by atoms with van der Waals surface area (Å²) in [6.07, 6.45) is -0.456. The molecule has 1 aliphatic rings. The van der Waals surface area contributed by atoms with Crippen LogP contribution in [0.4, 0.5) is 0 Å². The Morgan fingerprint density at radius 3 is 2.56 bits per heavy atom. The van der Waals surface area contributed by atoms with Gasteiger partial charge in [0, 0.05) is 12.1 Å². The quantitative estimate of drug-likeness (QED) is 0.678. The Morgan fingerprint density at radius 1 is 1.19 bits per heavy atom. The van der Waals surface area contributed by atoms with Crippen LogP contribution < -0.4 is 9.47 Å². The van der Waals surface area contributed by atoms with Crippen molar-refractivity contribution >= 4 is 27.6 Å². The number of carbonyl (C=O) groups is 1. The van der Waals surface area contributed by atoms with E-state index in [9.17, 15) is 13.2 Å². The molecule has 0 saturated heterocycles. The van der Waals surface area contributed by atoms with Gasteiger partial charge < -0.3 is 14.2 Å². The second kappa shape index (κ2) is 8.16. The monoisotopic (exact) mass is 411 g/mol. The second-order valence-electron chi connectivity index (χ2n) is 5.90. The molecule has 2 aromatic carbocycles. The van der Waals surface area contributed by atoms with Gasteiger partial charge in [0.25, 0.3) is 0 Å². The molecule has 0 aliphatic carbocycles. The van der Waals surface area contributed by atoms with Crippen LogP contribution in [0, 0.1) is 0 Å². The van der Waals surface area contributed by atoms with Crippen molar-refractivity contribution in [3.05, 3.63) is 53.6 Å². The number of halogens is 1. The highest BCUT2D eigenvalue weighted by atomic mass is 35.5. The zero-order valence-electron chi connectivity index (χ0n) is 14.5. The van der Waals surface area contributed by atoms with Crippen LogP contribution in [-0.4, -0.2) is 51.6 Å². The predicted octanol–water partition coefficient (Wildman–Crippen LogP) is 2.34. The summed E-state index contributed by atoms with van der Waals surface area (Å²) in [6, 6.07) is 12.9. The number of sulfonamides is 1. The summed E-state index contributed by atoms with van der Waals surface area (Å²) >= 11 is 5.77. The number of esters is 1. The van der Waals surface area contributed by atoms with Crippen molar-refractivity contribution in [1.29, 1.82) is 0 Å². The van der Waals surface area contributed by atoms with Crippen LogP contribution in [0.3, 0.4) is 0 Å². The van der Waals surface area contributed by atoms with E-state index in [2.05, 4.69) is 0 Å². The van der Waals surface area contributed by atoms with Gasteiger partial charge in [0.1, 0.15) is 19.8 Å². The predicted molar refractivity (Wildman–Crippen MR) is 98.6 cm³/mol. The van der Waals surface area contributed by atoms with Gasteiger partial charge in [0.2, 0.25) is 10.0 Å². The van der Waals surface area contributed by atoms with E-state index in [4.69, 9.17) is 25.8 Å². The number of fused-ring (bicyclic) bond motifs is 1. The highest BCUT2D eigenvalue weighted by Crippen LogP contribution is 2.30. The van der Waals surface area contributed by atoms with E-state index in [0.29, 0.717) is 16.5 Å². The number of rotatable bonds is 6. The lowest BCUT2D eigenvalue weighted by atomic mass is 10.3. The second-order valence-corrected chi connectivity index (χ2v) is 8.38. The highest BCUT2D eigenvalue weighted by Gasteiger charge is 2.25. The minimum absolute atomic E-state index is 0.0397. The Bertz CT molecular complexity index is 916. The van der Waals surface area contributed by atoms with Crippen LogP contribution in [0.15, 0.2) is 53.4 Å². The number of hydrogen-bond donors (Lipinski definition) is 0. The summed E-state index contributed by atoms with van der Waals surface area (Å²) < 4.78 is 42.2. The Kier molecular flexibility index (Phi) is 5.88. The molecule has 0 radical (unpaired) electrons. The summed E-state index contributed by atoms with van der Waals surface area (Å²) in [7, 11) is -2.51. The number of likely N-dealkylation sites (N-methyl/N-ethyl adjacent to an activating group) is 1. The Labute approximate surface area is 162 Å². The fourth-order valence-electron chi connectivity index (χ4n) is 2.43. The molecular weight excluding hydrogens is 394 g/mol. The molecule has 2 aromatic rings. The minimum Gasteiger partial charge on any atom is -0.486 e. The lowest BCUT2D eigenvalue weighted by Crippen LogP contribution is -2.37. The standard InChI is InChI=1S/C18H18ClNO6S/c1-20(27(22,23)15-8-6-13(19)7-9-15)10-18(21)25-12-14-11-24-16-4-2-3-5-17(16)26-14/h2-9,14H,10-12H2,1H3. The Balaban J connectivity index is 1.52. The normalized spacial score (nSPS) is 16.2. The van der Waals surface area contributed by atoms with Crippen molar-refractivity contribution in [1.82, 2.24) is 4.31 Å². The number of hydrogen-bond acceptors (Lipinski definition) is 6. The maximum Gasteiger partial charge on any atom is 0.321 e. The van der Waals surface area contributed by atoms with Crippen LogP contribution in [0.1, 0.15) is 0 Å². The van der Waals surface area contributed by atoms with Crippen molar-refractivity contribution < 1.29 is 27.4 Å². The smallest absolute Gasteiger partial charge is 0.321 e. The van der Waals surface area contributed by atoms with E-state index >= 15 is 0 Å². The molecule has 9 heteroatoms.